The lowest BCUT2D eigenvalue weighted by atomic mass is 10.00. The monoisotopic (exact) mass is 444 g/mol. The second-order valence-electron chi connectivity index (χ2n) is 8.54. The largest absolute Gasteiger partial charge is 0.492 e. The third kappa shape index (κ3) is 3.13. The van der Waals surface area contributed by atoms with Crippen molar-refractivity contribution in [1.29, 1.82) is 0 Å². The number of aryl methyl sites for hydroxylation is 1. The lowest BCUT2D eigenvalue weighted by Gasteiger charge is -2.09. The molecular weight excluding hydrogens is 424 g/mol. The van der Waals surface area contributed by atoms with Crippen LogP contribution in [0.15, 0.2) is 73.2 Å². The van der Waals surface area contributed by atoms with Gasteiger partial charge in [-0.25, -0.2) is 4.98 Å². The summed E-state index contributed by atoms with van der Waals surface area (Å²) in [6.07, 6.45) is 7.19. The van der Waals surface area contributed by atoms with Gasteiger partial charge in [0.05, 0.1) is 41.2 Å². The van der Waals surface area contributed by atoms with Crippen molar-refractivity contribution in [2.75, 3.05) is 6.61 Å². The molecule has 2 N–H and O–H groups in total. The molecule has 8 bridgehead atoms. The number of pyridine rings is 2. The summed E-state index contributed by atoms with van der Waals surface area (Å²) in [4.78, 5) is 17.5. The Morgan fingerprint density at radius 3 is 2.85 bits per heavy atom. The Bertz CT molecular complexity index is 1680. The first-order valence-corrected chi connectivity index (χ1v) is 11.3. The summed E-state index contributed by atoms with van der Waals surface area (Å²) in [5.74, 6) is 1.46. The van der Waals surface area contributed by atoms with Gasteiger partial charge in [-0.05, 0) is 42.2 Å². The molecule has 7 nitrogen and oxygen atoms in total. The molecule has 7 rings (SSSR count). The molecule has 0 saturated carbocycles. The summed E-state index contributed by atoms with van der Waals surface area (Å²) in [7, 11) is 0. The van der Waals surface area contributed by atoms with Crippen LogP contribution in [0.5, 0.6) is 5.75 Å². The van der Waals surface area contributed by atoms with Gasteiger partial charge in [0.15, 0.2) is 5.82 Å². The zero-order chi connectivity index (χ0) is 22.5. The highest BCUT2D eigenvalue weighted by molar-refractivity contribution is 5.97. The highest BCUT2D eigenvalue weighted by atomic mass is 16.5. The van der Waals surface area contributed by atoms with Gasteiger partial charge < -0.3 is 9.72 Å². The maximum atomic E-state index is 6.02. The molecule has 0 aliphatic carbocycles. The Balaban J connectivity index is 1.47. The van der Waals surface area contributed by atoms with E-state index in [-0.39, 0.29) is 0 Å². The first-order chi connectivity index (χ1) is 16.8. The normalized spacial score (nSPS) is 13.2. The van der Waals surface area contributed by atoms with Crippen LogP contribution in [0.3, 0.4) is 0 Å². The van der Waals surface area contributed by atoms with Crippen molar-refractivity contribution in [3.05, 3.63) is 78.8 Å². The minimum Gasteiger partial charge on any atom is -0.492 e. The van der Waals surface area contributed by atoms with Crippen molar-refractivity contribution in [1.82, 2.24) is 30.1 Å². The molecule has 1 aliphatic rings. The van der Waals surface area contributed by atoms with Gasteiger partial charge in [-0.15, -0.1) is 0 Å². The Kier molecular flexibility index (Phi) is 4.20. The number of imidazole rings is 1. The van der Waals surface area contributed by atoms with Crippen LogP contribution in [0.2, 0.25) is 0 Å². The summed E-state index contributed by atoms with van der Waals surface area (Å²) in [6.45, 7) is 0.617. The van der Waals surface area contributed by atoms with Gasteiger partial charge in [0.25, 0.3) is 0 Å². The Morgan fingerprint density at radius 1 is 0.882 bits per heavy atom. The van der Waals surface area contributed by atoms with E-state index in [2.05, 4.69) is 67.6 Å². The van der Waals surface area contributed by atoms with Crippen LogP contribution < -0.4 is 4.74 Å². The summed E-state index contributed by atoms with van der Waals surface area (Å²) in [5.41, 5.74) is 8.75. The highest BCUT2D eigenvalue weighted by Gasteiger charge is 2.17. The van der Waals surface area contributed by atoms with E-state index in [0.29, 0.717) is 6.61 Å². The maximum Gasteiger partial charge on any atom is 0.159 e. The van der Waals surface area contributed by atoms with E-state index in [1.807, 2.05) is 12.1 Å². The molecule has 34 heavy (non-hydrogen) atoms. The number of aromatic amines is 2. The van der Waals surface area contributed by atoms with Crippen LogP contribution in [-0.4, -0.2) is 36.7 Å². The number of hydrogen-bond donors (Lipinski definition) is 2. The number of rotatable bonds is 0. The molecule has 2 aromatic carbocycles. The van der Waals surface area contributed by atoms with E-state index >= 15 is 0 Å². The summed E-state index contributed by atoms with van der Waals surface area (Å²) >= 11 is 0. The second-order valence-corrected chi connectivity index (χ2v) is 8.54. The fourth-order valence-electron chi connectivity index (χ4n) is 4.63. The average molecular weight is 444 g/mol. The van der Waals surface area contributed by atoms with E-state index in [1.165, 1.54) is 5.56 Å². The predicted molar refractivity (Wildman–Crippen MR) is 131 cm³/mol. The third-order valence-electron chi connectivity index (χ3n) is 6.31. The molecule has 164 valence electrons. The van der Waals surface area contributed by atoms with Crippen molar-refractivity contribution < 1.29 is 4.74 Å². The summed E-state index contributed by atoms with van der Waals surface area (Å²) in [5, 5.41) is 8.60. The molecule has 0 fully saturated rings. The molecule has 6 aromatic rings. The fraction of sp³-hybridized carbons (Fsp3) is 0.111. The quantitative estimate of drug-likeness (QED) is 0.320. The lowest BCUT2D eigenvalue weighted by Crippen LogP contribution is -2.00. The van der Waals surface area contributed by atoms with E-state index in [9.17, 15) is 0 Å². The average Bonchev–Trinajstić information content (AvgIpc) is 3.50. The molecular formula is C27H20N6O. The molecule has 0 unspecified atom stereocenters. The van der Waals surface area contributed by atoms with Crippen LogP contribution in [0.4, 0.5) is 0 Å². The smallest absolute Gasteiger partial charge is 0.159 e. The first-order valence-electron chi connectivity index (χ1n) is 11.3. The molecule has 5 heterocycles. The van der Waals surface area contributed by atoms with Gasteiger partial charge in [-0.3, -0.25) is 15.1 Å². The number of nitrogens with one attached hydrogen (secondary N) is 2. The van der Waals surface area contributed by atoms with E-state index < -0.39 is 0 Å². The van der Waals surface area contributed by atoms with Gasteiger partial charge >= 0.3 is 0 Å². The topological polar surface area (TPSA) is 92.4 Å². The standard InChI is InChI=1S/C27H20N6O/c1-4-16-5-3-9-34-19-11-18(13-28-14-19)23-12-21-24(15-29-23)32-33-26(21)27-30-22-8-2-7-20(25(22)31-27)17(6-1)10-16/h1-2,4,6-8,10-15H,3,5,9H2,(H,30,31)(H,32,33). The van der Waals surface area contributed by atoms with Crippen LogP contribution in [0.25, 0.3) is 55.8 Å². The number of fused-ring (bicyclic) bond motifs is 9. The zero-order valence-corrected chi connectivity index (χ0v) is 18.2. The van der Waals surface area contributed by atoms with Crippen LogP contribution in [-0.2, 0) is 6.42 Å². The van der Waals surface area contributed by atoms with E-state index in [0.717, 1.165) is 74.4 Å². The highest BCUT2D eigenvalue weighted by Crippen LogP contribution is 2.33. The minimum absolute atomic E-state index is 0.617. The van der Waals surface area contributed by atoms with Crippen molar-refractivity contribution in [2.45, 2.75) is 12.8 Å². The molecule has 0 radical (unpaired) electrons. The van der Waals surface area contributed by atoms with E-state index in [1.54, 1.807) is 18.6 Å². The number of benzene rings is 2. The Morgan fingerprint density at radius 2 is 1.85 bits per heavy atom. The van der Waals surface area contributed by atoms with Crippen molar-refractivity contribution in [2.24, 2.45) is 0 Å². The van der Waals surface area contributed by atoms with Crippen LogP contribution in [0.1, 0.15) is 12.0 Å². The number of ether oxygens (including phenoxy) is 1. The van der Waals surface area contributed by atoms with Gasteiger partial charge in [0.1, 0.15) is 11.4 Å². The molecule has 0 spiro atoms. The van der Waals surface area contributed by atoms with Crippen molar-refractivity contribution in [3.63, 3.8) is 0 Å². The Hall–Kier alpha value is -4.52. The van der Waals surface area contributed by atoms with Gasteiger partial charge in [0.2, 0.25) is 0 Å². The van der Waals surface area contributed by atoms with Gasteiger partial charge in [-0.1, -0.05) is 36.4 Å². The number of hydrogen-bond acceptors (Lipinski definition) is 5. The Labute approximate surface area is 194 Å². The second kappa shape index (κ2) is 7.52. The van der Waals surface area contributed by atoms with Crippen LogP contribution in [0, 0.1) is 0 Å². The predicted octanol–water partition coefficient (Wildman–Crippen LogP) is 5.56. The van der Waals surface area contributed by atoms with Gasteiger partial charge in [0, 0.05) is 22.7 Å². The lowest BCUT2D eigenvalue weighted by molar-refractivity contribution is 0.310. The summed E-state index contributed by atoms with van der Waals surface area (Å²) < 4.78 is 6.02. The number of H-pyrrole nitrogens is 2. The summed E-state index contributed by atoms with van der Waals surface area (Å²) in [6, 6.07) is 18.9. The third-order valence-corrected chi connectivity index (χ3v) is 6.31. The zero-order valence-electron chi connectivity index (χ0n) is 18.2. The van der Waals surface area contributed by atoms with Crippen molar-refractivity contribution >= 4 is 21.9 Å². The molecule has 0 atom stereocenters. The number of aromatic nitrogens is 6. The first kappa shape index (κ1) is 19.0. The van der Waals surface area contributed by atoms with E-state index in [4.69, 9.17) is 9.72 Å². The maximum absolute atomic E-state index is 6.02. The molecule has 7 heteroatoms. The molecule has 4 aromatic heterocycles. The minimum atomic E-state index is 0.617. The molecule has 1 aliphatic heterocycles. The fourth-order valence-corrected chi connectivity index (χ4v) is 4.63. The van der Waals surface area contributed by atoms with Gasteiger partial charge in [-0.2, -0.15) is 5.10 Å². The number of para-hydroxylation sites is 1. The molecule has 0 amide bonds. The van der Waals surface area contributed by atoms with Crippen molar-refractivity contribution in [3.8, 4) is 39.7 Å². The van der Waals surface area contributed by atoms with Crippen LogP contribution >= 0.6 is 0 Å². The molecule has 0 saturated heterocycles. The number of nitrogens with zero attached hydrogens (tertiary/aromatic N) is 4. The SMILES string of the molecule is c1cc2cc(c1)-c1cccc3[nH]c(nc13)-c1n[nH]c3cnc(cc13)-c1cncc(c1)OCCC2.